The molecule has 0 spiro atoms. The van der Waals surface area contributed by atoms with E-state index in [0.29, 0.717) is 17.7 Å². The molecule has 12 heavy (non-hydrogen) atoms. The Morgan fingerprint density at radius 1 is 1.58 bits per heavy atom. The molecule has 2 nitrogen and oxygen atoms in total. The molecule has 0 aromatic heterocycles. The third-order valence-corrected chi connectivity index (χ3v) is 1.71. The first kappa shape index (κ1) is 8.78. The van der Waals surface area contributed by atoms with E-state index < -0.39 is 0 Å². The van der Waals surface area contributed by atoms with Gasteiger partial charge in [0.1, 0.15) is 5.75 Å². The summed E-state index contributed by atoms with van der Waals surface area (Å²) in [5, 5.41) is 0. The molecular formula is C10H11O2. The van der Waals surface area contributed by atoms with Crippen LogP contribution >= 0.6 is 0 Å². The summed E-state index contributed by atoms with van der Waals surface area (Å²) in [5.74, 6) is 0.613. The van der Waals surface area contributed by atoms with E-state index in [4.69, 9.17) is 4.74 Å². The highest BCUT2D eigenvalue weighted by Crippen LogP contribution is 2.17. The zero-order valence-electron chi connectivity index (χ0n) is 7.04. The second kappa shape index (κ2) is 3.90. The van der Waals surface area contributed by atoms with Crippen LogP contribution in [0.5, 0.6) is 5.75 Å². The third-order valence-electron chi connectivity index (χ3n) is 1.71. The summed E-state index contributed by atoms with van der Waals surface area (Å²) < 4.78 is 4.98. The minimum atomic E-state index is 0.582. The molecular weight excluding hydrogens is 152 g/mol. The first-order valence-corrected chi connectivity index (χ1v) is 3.73. The molecule has 0 aliphatic rings. The fourth-order valence-electron chi connectivity index (χ4n) is 1.03. The molecule has 0 heterocycles. The van der Waals surface area contributed by atoms with E-state index in [9.17, 15) is 4.79 Å². The van der Waals surface area contributed by atoms with Gasteiger partial charge >= 0.3 is 0 Å². The zero-order valence-corrected chi connectivity index (χ0v) is 7.04. The molecule has 0 aliphatic heterocycles. The number of aldehydes is 1. The summed E-state index contributed by atoms with van der Waals surface area (Å²) in [6.45, 7) is 3.73. The van der Waals surface area contributed by atoms with Crippen LogP contribution in [0.4, 0.5) is 0 Å². The van der Waals surface area contributed by atoms with Gasteiger partial charge in [-0.2, -0.15) is 0 Å². The number of benzene rings is 1. The van der Waals surface area contributed by atoms with Gasteiger partial charge in [0.25, 0.3) is 0 Å². The van der Waals surface area contributed by atoms with Crippen LogP contribution in [0.15, 0.2) is 18.2 Å². The topological polar surface area (TPSA) is 26.3 Å². The van der Waals surface area contributed by atoms with Gasteiger partial charge in [0.15, 0.2) is 6.29 Å². The molecule has 1 rings (SSSR count). The van der Waals surface area contributed by atoms with Gasteiger partial charge in [-0.1, -0.05) is 6.07 Å². The van der Waals surface area contributed by atoms with Gasteiger partial charge in [-0.3, -0.25) is 4.79 Å². The number of methoxy groups -OCH3 is 1. The smallest absolute Gasteiger partial charge is 0.153 e. The third kappa shape index (κ3) is 1.64. The van der Waals surface area contributed by atoms with Gasteiger partial charge in [-0.15, -0.1) is 0 Å². The predicted molar refractivity (Wildman–Crippen MR) is 47.4 cm³/mol. The second-order valence-corrected chi connectivity index (χ2v) is 2.44. The molecule has 0 N–H and O–H groups in total. The van der Waals surface area contributed by atoms with Crippen LogP contribution in [-0.4, -0.2) is 13.4 Å². The number of ether oxygens (including phenoxy) is 1. The van der Waals surface area contributed by atoms with Crippen molar-refractivity contribution in [2.75, 3.05) is 7.11 Å². The monoisotopic (exact) mass is 163 g/mol. The summed E-state index contributed by atoms with van der Waals surface area (Å²) in [6, 6.07) is 5.47. The van der Waals surface area contributed by atoms with Crippen molar-refractivity contribution in [3.8, 4) is 5.75 Å². The highest BCUT2D eigenvalue weighted by molar-refractivity contribution is 5.79. The lowest BCUT2D eigenvalue weighted by molar-refractivity contribution is 0.112. The largest absolute Gasteiger partial charge is 0.496 e. The summed E-state index contributed by atoms with van der Waals surface area (Å²) in [7, 11) is 1.55. The molecule has 2 heteroatoms. The molecule has 0 amide bonds. The van der Waals surface area contributed by atoms with Crippen LogP contribution < -0.4 is 4.74 Å². The van der Waals surface area contributed by atoms with Crippen LogP contribution in [0.25, 0.3) is 0 Å². The predicted octanol–water partition coefficient (Wildman–Crippen LogP) is 1.88. The molecule has 0 saturated heterocycles. The number of hydrogen-bond donors (Lipinski definition) is 0. The van der Waals surface area contributed by atoms with Gasteiger partial charge in [0.2, 0.25) is 0 Å². The lowest BCUT2D eigenvalue weighted by atomic mass is 10.1. The van der Waals surface area contributed by atoms with Crippen molar-refractivity contribution in [2.45, 2.75) is 6.42 Å². The van der Waals surface area contributed by atoms with Gasteiger partial charge < -0.3 is 4.74 Å². The van der Waals surface area contributed by atoms with Gasteiger partial charge in [-0.25, -0.2) is 0 Å². The number of rotatable bonds is 3. The van der Waals surface area contributed by atoms with Crippen LogP contribution in [0, 0.1) is 6.92 Å². The molecule has 0 atom stereocenters. The fraction of sp³-hybridized carbons (Fsp3) is 0.200. The standard InChI is InChI=1S/C10H11O2/c1-3-8-4-5-10(12-2)9(6-8)7-11/h4-7H,1,3H2,2H3. The molecule has 0 aliphatic carbocycles. The van der Waals surface area contributed by atoms with E-state index in [-0.39, 0.29) is 0 Å². The number of hydrogen-bond acceptors (Lipinski definition) is 2. The van der Waals surface area contributed by atoms with E-state index >= 15 is 0 Å². The Labute approximate surface area is 72.2 Å². The molecule has 0 fully saturated rings. The SMILES string of the molecule is [CH2]Cc1ccc(OC)c(C=O)c1. The van der Waals surface area contributed by atoms with E-state index in [1.54, 1.807) is 19.2 Å². The molecule has 0 unspecified atom stereocenters. The minimum absolute atomic E-state index is 0.582. The Morgan fingerprint density at radius 2 is 2.33 bits per heavy atom. The zero-order chi connectivity index (χ0) is 8.97. The molecule has 1 radical (unpaired) electrons. The first-order valence-electron chi connectivity index (χ1n) is 3.73. The maximum Gasteiger partial charge on any atom is 0.153 e. The van der Waals surface area contributed by atoms with Gasteiger partial charge in [-0.05, 0) is 31.0 Å². The normalized spacial score (nSPS) is 9.50. The van der Waals surface area contributed by atoms with E-state index in [1.165, 1.54) is 0 Å². The fourth-order valence-corrected chi connectivity index (χ4v) is 1.03. The number of carbonyl (C=O) groups excluding carboxylic acids is 1. The summed E-state index contributed by atoms with van der Waals surface area (Å²) in [6.07, 6.45) is 1.48. The lowest BCUT2D eigenvalue weighted by Gasteiger charge is -2.04. The van der Waals surface area contributed by atoms with Crippen LogP contribution in [0.3, 0.4) is 0 Å². The highest BCUT2D eigenvalue weighted by atomic mass is 16.5. The van der Waals surface area contributed by atoms with E-state index in [1.807, 2.05) is 6.07 Å². The number of carbonyl (C=O) groups is 1. The molecule has 0 bridgehead atoms. The Morgan fingerprint density at radius 3 is 2.83 bits per heavy atom. The molecule has 63 valence electrons. The summed E-state index contributed by atoms with van der Waals surface area (Å²) in [5.41, 5.74) is 1.62. The molecule has 1 aromatic rings. The maximum atomic E-state index is 10.6. The highest BCUT2D eigenvalue weighted by Gasteiger charge is 2.01. The second-order valence-electron chi connectivity index (χ2n) is 2.44. The van der Waals surface area contributed by atoms with E-state index in [0.717, 1.165) is 11.8 Å². The van der Waals surface area contributed by atoms with Crippen LogP contribution in [0.2, 0.25) is 0 Å². The Balaban J connectivity index is 3.10. The summed E-state index contributed by atoms with van der Waals surface area (Å²) >= 11 is 0. The Kier molecular flexibility index (Phi) is 2.86. The van der Waals surface area contributed by atoms with Crippen molar-refractivity contribution in [1.82, 2.24) is 0 Å². The van der Waals surface area contributed by atoms with Crippen LogP contribution in [0.1, 0.15) is 15.9 Å². The summed E-state index contributed by atoms with van der Waals surface area (Å²) in [4.78, 5) is 10.6. The van der Waals surface area contributed by atoms with Gasteiger partial charge in [0.05, 0.1) is 12.7 Å². The first-order chi connectivity index (χ1) is 5.81. The molecule has 0 saturated carbocycles. The maximum absolute atomic E-state index is 10.6. The van der Waals surface area contributed by atoms with Crippen molar-refractivity contribution in [1.29, 1.82) is 0 Å². The average Bonchev–Trinajstić information content (AvgIpc) is 2.16. The van der Waals surface area contributed by atoms with Crippen molar-refractivity contribution in [3.05, 3.63) is 36.2 Å². The van der Waals surface area contributed by atoms with Crippen molar-refractivity contribution in [3.63, 3.8) is 0 Å². The Bertz CT molecular complexity index is 279. The van der Waals surface area contributed by atoms with Gasteiger partial charge in [0, 0.05) is 0 Å². The minimum Gasteiger partial charge on any atom is -0.496 e. The average molecular weight is 163 g/mol. The van der Waals surface area contributed by atoms with Crippen molar-refractivity contribution >= 4 is 6.29 Å². The van der Waals surface area contributed by atoms with E-state index in [2.05, 4.69) is 6.92 Å². The van der Waals surface area contributed by atoms with Crippen molar-refractivity contribution < 1.29 is 9.53 Å². The molecule has 1 aromatic carbocycles. The Hall–Kier alpha value is -1.31. The van der Waals surface area contributed by atoms with Crippen molar-refractivity contribution in [2.24, 2.45) is 0 Å². The quantitative estimate of drug-likeness (QED) is 0.636. The lowest BCUT2D eigenvalue weighted by Crippen LogP contribution is -1.91. The van der Waals surface area contributed by atoms with Crippen LogP contribution in [-0.2, 0) is 6.42 Å².